The summed E-state index contributed by atoms with van der Waals surface area (Å²) in [5.74, 6) is 0.822. The van der Waals surface area contributed by atoms with E-state index in [9.17, 15) is 0 Å². The molecule has 2 aromatic heterocycles. The largest absolute Gasteiger partial charge is 0.319 e. The first-order valence-electron chi connectivity index (χ1n) is 6.67. The van der Waals surface area contributed by atoms with Gasteiger partial charge in [0.25, 0.3) is 0 Å². The molecule has 3 rings (SSSR count). The summed E-state index contributed by atoms with van der Waals surface area (Å²) in [6, 6.07) is 3.89. The molecule has 0 radical (unpaired) electrons. The second kappa shape index (κ2) is 4.31. The molecule has 2 N–H and O–H groups in total. The average Bonchev–Trinajstić information content (AvgIpc) is 2.65. The average molecular weight is 245 g/mol. The van der Waals surface area contributed by atoms with E-state index in [2.05, 4.69) is 15.3 Å². The number of fused-ring (bicyclic) bond motifs is 1. The van der Waals surface area contributed by atoms with Crippen LogP contribution >= 0.6 is 0 Å². The minimum Gasteiger partial charge on any atom is -0.319 e. The summed E-state index contributed by atoms with van der Waals surface area (Å²) in [5, 5.41) is 13.0. The third-order valence-corrected chi connectivity index (χ3v) is 3.84. The number of hydrogen-bond acceptors (Lipinski definition) is 4. The van der Waals surface area contributed by atoms with Crippen LogP contribution in [0.5, 0.6) is 0 Å². The predicted octanol–water partition coefficient (Wildman–Crippen LogP) is 1.94. The van der Waals surface area contributed by atoms with Crippen LogP contribution in [0.3, 0.4) is 0 Å². The van der Waals surface area contributed by atoms with E-state index in [0.29, 0.717) is 0 Å². The first kappa shape index (κ1) is 11.6. The number of aryl methyl sites for hydroxylation is 1. The molecule has 0 bridgehead atoms. The molecule has 5 heteroatoms. The molecule has 96 valence electrons. The molecule has 18 heavy (non-hydrogen) atoms. The lowest BCUT2D eigenvalue weighted by Crippen LogP contribution is -2.38. The maximum absolute atomic E-state index is 6.58. The molecular weight excluding hydrogens is 226 g/mol. The van der Waals surface area contributed by atoms with Crippen LogP contribution in [-0.2, 0) is 5.54 Å². The van der Waals surface area contributed by atoms with Crippen molar-refractivity contribution in [2.45, 2.75) is 51.0 Å². The van der Waals surface area contributed by atoms with E-state index in [1.165, 1.54) is 12.8 Å². The summed E-state index contributed by atoms with van der Waals surface area (Å²) in [4.78, 5) is 0. The molecule has 1 saturated carbocycles. The molecule has 5 nitrogen and oxygen atoms in total. The molecule has 0 spiro atoms. The maximum Gasteiger partial charge on any atom is 0.177 e. The van der Waals surface area contributed by atoms with Crippen LogP contribution in [0, 0.1) is 6.92 Å². The van der Waals surface area contributed by atoms with E-state index in [1.807, 2.05) is 23.6 Å². The van der Waals surface area contributed by atoms with Crippen molar-refractivity contribution in [1.29, 1.82) is 0 Å². The topological polar surface area (TPSA) is 69.1 Å². The Morgan fingerprint density at radius 3 is 2.56 bits per heavy atom. The molecule has 0 atom stereocenters. The molecule has 1 aliphatic rings. The Morgan fingerprint density at radius 2 is 1.83 bits per heavy atom. The quantitative estimate of drug-likeness (QED) is 0.779. The van der Waals surface area contributed by atoms with Crippen molar-refractivity contribution in [2.75, 3.05) is 0 Å². The van der Waals surface area contributed by atoms with Gasteiger partial charge in [-0.2, -0.15) is 9.61 Å². The summed E-state index contributed by atoms with van der Waals surface area (Å²) < 4.78 is 1.82. The SMILES string of the molecule is Cc1ccc2nnc(C3(N)CCCCCC3)n2n1. The third kappa shape index (κ3) is 1.88. The number of nitrogens with zero attached hydrogens (tertiary/aromatic N) is 4. The van der Waals surface area contributed by atoms with Gasteiger partial charge in [-0.05, 0) is 31.9 Å². The van der Waals surface area contributed by atoms with Gasteiger partial charge in [-0.25, -0.2) is 0 Å². The lowest BCUT2D eigenvalue weighted by Gasteiger charge is -2.25. The highest BCUT2D eigenvalue weighted by molar-refractivity contribution is 5.37. The molecule has 1 aliphatic carbocycles. The van der Waals surface area contributed by atoms with E-state index in [0.717, 1.165) is 42.8 Å². The van der Waals surface area contributed by atoms with E-state index in [1.54, 1.807) is 0 Å². The van der Waals surface area contributed by atoms with Gasteiger partial charge in [0.1, 0.15) is 0 Å². The van der Waals surface area contributed by atoms with Crippen molar-refractivity contribution in [2.24, 2.45) is 5.73 Å². The van der Waals surface area contributed by atoms with Gasteiger partial charge in [0.15, 0.2) is 11.5 Å². The maximum atomic E-state index is 6.58. The van der Waals surface area contributed by atoms with Gasteiger partial charge in [-0.1, -0.05) is 25.7 Å². The summed E-state index contributed by atoms with van der Waals surface area (Å²) in [7, 11) is 0. The molecule has 0 aromatic carbocycles. The zero-order chi connectivity index (χ0) is 12.6. The number of rotatable bonds is 1. The second-order valence-electron chi connectivity index (χ2n) is 5.34. The van der Waals surface area contributed by atoms with Gasteiger partial charge >= 0.3 is 0 Å². The van der Waals surface area contributed by atoms with E-state index < -0.39 is 0 Å². The van der Waals surface area contributed by atoms with Gasteiger partial charge in [0.05, 0.1) is 11.2 Å². The first-order chi connectivity index (χ1) is 8.69. The highest BCUT2D eigenvalue weighted by Gasteiger charge is 2.33. The number of nitrogens with two attached hydrogens (primary N) is 1. The van der Waals surface area contributed by atoms with Crippen LogP contribution in [0.2, 0.25) is 0 Å². The Balaban J connectivity index is 2.09. The highest BCUT2D eigenvalue weighted by Crippen LogP contribution is 2.32. The number of aromatic nitrogens is 4. The molecule has 2 aromatic rings. The van der Waals surface area contributed by atoms with Gasteiger partial charge in [-0.15, -0.1) is 10.2 Å². The molecular formula is C13H19N5. The Kier molecular flexibility index (Phi) is 2.78. The minimum absolute atomic E-state index is 0.364. The molecule has 2 heterocycles. The summed E-state index contributed by atoms with van der Waals surface area (Å²) >= 11 is 0. The van der Waals surface area contributed by atoms with Gasteiger partial charge in [0.2, 0.25) is 0 Å². The first-order valence-corrected chi connectivity index (χ1v) is 6.67. The molecule has 0 unspecified atom stereocenters. The van der Waals surface area contributed by atoms with Crippen molar-refractivity contribution >= 4 is 5.65 Å². The fraction of sp³-hybridized carbons (Fsp3) is 0.615. The molecule has 0 saturated heterocycles. The molecule has 1 fully saturated rings. The van der Waals surface area contributed by atoms with E-state index in [4.69, 9.17) is 5.73 Å². The van der Waals surface area contributed by atoms with Crippen molar-refractivity contribution in [3.63, 3.8) is 0 Å². The van der Waals surface area contributed by atoms with Crippen LogP contribution in [-0.4, -0.2) is 19.8 Å². The fourth-order valence-electron chi connectivity index (χ4n) is 2.77. The minimum atomic E-state index is -0.364. The van der Waals surface area contributed by atoms with Crippen molar-refractivity contribution in [3.05, 3.63) is 23.7 Å². The Bertz CT molecular complexity index is 552. The third-order valence-electron chi connectivity index (χ3n) is 3.84. The van der Waals surface area contributed by atoms with Crippen LogP contribution in [0.4, 0.5) is 0 Å². The lowest BCUT2D eigenvalue weighted by molar-refractivity contribution is 0.355. The standard InChI is InChI=1S/C13H19N5/c1-10-6-7-11-15-16-12(18(11)17-10)13(14)8-4-2-3-5-9-13/h6-7H,2-5,8-9,14H2,1H3. The van der Waals surface area contributed by atoms with Crippen molar-refractivity contribution in [1.82, 2.24) is 19.8 Å². The predicted molar refractivity (Wildman–Crippen MR) is 69.1 cm³/mol. The number of hydrogen-bond donors (Lipinski definition) is 1. The lowest BCUT2D eigenvalue weighted by atomic mass is 9.91. The zero-order valence-corrected chi connectivity index (χ0v) is 10.8. The highest BCUT2D eigenvalue weighted by atomic mass is 15.4. The van der Waals surface area contributed by atoms with Crippen LogP contribution < -0.4 is 5.73 Å². The zero-order valence-electron chi connectivity index (χ0n) is 10.8. The molecule has 0 aliphatic heterocycles. The summed E-state index contributed by atoms with van der Waals surface area (Å²) in [6.45, 7) is 1.97. The Morgan fingerprint density at radius 1 is 1.11 bits per heavy atom. The smallest absolute Gasteiger partial charge is 0.177 e. The second-order valence-corrected chi connectivity index (χ2v) is 5.34. The van der Waals surface area contributed by atoms with E-state index in [-0.39, 0.29) is 5.54 Å². The van der Waals surface area contributed by atoms with Crippen LogP contribution in [0.25, 0.3) is 5.65 Å². The Hall–Kier alpha value is -1.49. The van der Waals surface area contributed by atoms with Crippen molar-refractivity contribution < 1.29 is 0 Å². The normalized spacial score (nSPS) is 19.9. The van der Waals surface area contributed by atoms with Gasteiger partial charge < -0.3 is 5.73 Å². The van der Waals surface area contributed by atoms with Crippen LogP contribution in [0.15, 0.2) is 12.1 Å². The van der Waals surface area contributed by atoms with Gasteiger partial charge in [-0.3, -0.25) is 0 Å². The molecule has 0 amide bonds. The summed E-state index contributed by atoms with van der Waals surface area (Å²) in [5.41, 5.74) is 7.95. The monoisotopic (exact) mass is 245 g/mol. The fourth-order valence-corrected chi connectivity index (χ4v) is 2.77. The summed E-state index contributed by atoms with van der Waals surface area (Å²) in [6.07, 6.45) is 6.81. The van der Waals surface area contributed by atoms with Crippen LogP contribution in [0.1, 0.15) is 50.0 Å². The van der Waals surface area contributed by atoms with E-state index >= 15 is 0 Å². The Labute approximate surface area is 106 Å². The van der Waals surface area contributed by atoms with Crippen molar-refractivity contribution in [3.8, 4) is 0 Å². The van der Waals surface area contributed by atoms with Gasteiger partial charge in [0, 0.05) is 0 Å².